The van der Waals surface area contributed by atoms with Crippen LogP contribution in [0.4, 0.5) is 0 Å². The summed E-state index contributed by atoms with van der Waals surface area (Å²) in [6.07, 6.45) is 7.95. The van der Waals surface area contributed by atoms with Gasteiger partial charge in [-0.05, 0) is 61.1 Å². The summed E-state index contributed by atoms with van der Waals surface area (Å²) in [5.41, 5.74) is 9.65. The van der Waals surface area contributed by atoms with Crippen molar-refractivity contribution in [2.24, 2.45) is 4.99 Å². The third kappa shape index (κ3) is 2.99. The van der Waals surface area contributed by atoms with Crippen LogP contribution in [0.15, 0.2) is 78.1 Å². The van der Waals surface area contributed by atoms with Crippen molar-refractivity contribution < 1.29 is 0 Å². The van der Waals surface area contributed by atoms with Crippen LogP contribution >= 0.6 is 0 Å². The first-order valence-corrected chi connectivity index (χ1v) is 9.09. The van der Waals surface area contributed by atoms with Crippen molar-refractivity contribution in [3.05, 3.63) is 89.8 Å². The third-order valence-corrected chi connectivity index (χ3v) is 4.93. The summed E-state index contributed by atoms with van der Waals surface area (Å²) in [6, 6.07) is 19.1. The van der Waals surface area contributed by atoms with Gasteiger partial charge in [0.05, 0.1) is 5.69 Å². The quantitative estimate of drug-likeness (QED) is 0.564. The molecule has 0 amide bonds. The maximum atomic E-state index is 4.68. The lowest BCUT2D eigenvalue weighted by Gasteiger charge is -2.20. The molecule has 0 N–H and O–H groups in total. The first kappa shape index (κ1) is 16.5. The normalized spacial score (nSPS) is 13.5. The minimum Gasteiger partial charge on any atom is -0.261 e. The van der Waals surface area contributed by atoms with Crippen molar-refractivity contribution in [2.75, 3.05) is 0 Å². The third-order valence-electron chi connectivity index (χ3n) is 4.93. The molecule has 128 valence electrons. The Bertz CT molecular complexity index is 998. The van der Waals surface area contributed by atoms with Crippen LogP contribution in [0.2, 0.25) is 0 Å². The van der Waals surface area contributed by atoms with Gasteiger partial charge in [0.2, 0.25) is 0 Å². The van der Waals surface area contributed by atoms with E-state index < -0.39 is 0 Å². The highest BCUT2D eigenvalue weighted by Crippen LogP contribution is 2.38. The zero-order valence-corrected chi connectivity index (χ0v) is 15.2. The van der Waals surface area contributed by atoms with Gasteiger partial charge in [0, 0.05) is 29.2 Å². The van der Waals surface area contributed by atoms with Gasteiger partial charge in [-0.2, -0.15) is 0 Å². The highest BCUT2D eigenvalue weighted by Gasteiger charge is 2.19. The second-order valence-corrected chi connectivity index (χ2v) is 6.71. The summed E-state index contributed by atoms with van der Waals surface area (Å²) in [5, 5.41) is 0. The van der Waals surface area contributed by atoms with E-state index in [-0.39, 0.29) is 0 Å². The maximum Gasteiger partial charge on any atom is 0.0708 e. The van der Waals surface area contributed by atoms with E-state index in [0.29, 0.717) is 0 Å². The van der Waals surface area contributed by atoms with Gasteiger partial charge in [-0.1, -0.05) is 48.5 Å². The molecule has 2 nitrogen and oxygen atoms in total. The molecule has 3 aromatic rings. The molecule has 26 heavy (non-hydrogen) atoms. The average Bonchev–Trinajstić information content (AvgIpc) is 2.69. The van der Waals surface area contributed by atoms with Gasteiger partial charge in [-0.15, -0.1) is 0 Å². The molecule has 4 rings (SSSR count). The molecule has 0 saturated heterocycles. The van der Waals surface area contributed by atoms with E-state index >= 15 is 0 Å². The molecule has 0 saturated carbocycles. The number of aromatic nitrogens is 1. The number of nitrogens with zero attached hydrogens (tertiary/aromatic N) is 2. The fourth-order valence-corrected chi connectivity index (χ4v) is 3.68. The highest BCUT2D eigenvalue weighted by atomic mass is 14.7. The van der Waals surface area contributed by atoms with Crippen molar-refractivity contribution >= 4 is 5.71 Å². The molecule has 2 heteroatoms. The van der Waals surface area contributed by atoms with E-state index in [9.17, 15) is 0 Å². The van der Waals surface area contributed by atoms with E-state index in [4.69, 9.17) is 0 Å². The Morgan fingerprint density at radius 3 is 2.15 bits per heavy atom. The molecule has 2 heterocycles. The fraction of sp³-hybridized carbons (Fsp3) is 0.167. The van der Waals surface area contributed by atoms with Crippen molar-refractivity contribution in [2.45, 2.75) is 26.7 Å². The van der Waals surface area contributed by atoms with E-state index in [1.54, 1.807) is 0 Å². The summed E-state index contributed by atoms with van der Waals surface area (Å²) in [7, 11) is 0. The Morgan fingerprint density at radius 1 is 0.769 bits per heavy atom. The molecule has 0 radical (unpaired) electrons. The SMILES string of the molecule is Cc1cccc(C2=NC=CCC2)c1-c1c(C)cccc1-c1ccccn1. The van der Waals surface area contributed by atoms with Crippen LogP contribution in [-0.4, -0.2) is 10.7 Å². The van der Waals surface area contributed by atoms with Crippen LogP contribution < -0.4 is 0 Å². The van der Waals surface area contributed by atoms with E-state index in [0.717, 1.165) is 18.5 Å². The highest BCUT2D eigenvalue weighted by molar-refractivity contribution is 6.08. The fourth-order valence-electron chi connectivity index (χ4n) is 3.68. The van der Waals surface area contributed by atoms with Gasteiger partial charge in [0.15, 0.2) is 0 Å². The zero-order chi connectivity index (χ0) is 17.9. The topological polar surface area (TPSA) is 25.2 Å². The van der Waals surface area contributed by atoms with Crippen LogP contribution in [0.3, 0.4) is 0 Å². The molecular weight excluding hydrogens is 316 g/mol. The predicted molar refractivity (Wildman–Crippen MR) is 109 cm³/mol. The Kier molecular flexibility index (Phi) is 4.49. The monoisotopic (exact) mass is 338 g/mol. The van der Waals surface area contributed by atoms with Crippen molar-refractivity contribution in [3.8, 4) is 22.4 Å². The van der Waals surface area contributed by atoms with Crippen LogP contribution in [-0.2, 0) is 0 Å². The number of aliphatic imine (C=N–C) groups is 1. The lowest BCUT2D eigenvalue weighted by Crippen LogP contribution is -2.07. The molecule has 0 bridgehead atoms. The average molecular weight is 338 g/mol. The molecule has 1 aromatic heterocycles. The van der Waals surface area contributed by atoms with E-state index in [2.05, 4.69) is 72.4 Å². The second kappa shape index (κ2) is 7.09. The maximum absolute atomic E-state index is 4.68. The van der Waals surface area contributed by atoms with Crippen LogP contribution in [0.5, 0.6) is 0 Å². The van der Waals surface area contributed by atoms with Gasteiger partial charge in [-0.25, -0.2) is 0 Å². The van der Waals surface area contributed by atoms with Gasteiger partial charge < -0.3 is 0 Å². The minimum atomic E-state index is 0.984. The van der Waals surface area contributed by atoms with Gasteiger partial charge in [0.1, 0.15) is 0 Å². The summed E-state index contributed by atoms with van der Waals surface area (Å²) in [4.78, 5) is 9.29. The molecule has 0 unspecified atom stereocenters. The summed E-state index contributed by atoms with van der Waals surface area (Å²) in [6.45, 7) is 4.37. The van der Waals surface area contributed by atoms with E-state index in [1.165, 1.54) is 39.1 Å². The zero-order valence-electron chi connectivity index (χ0n) is 15.2. The number of aryl methyl sites for hydroxylation is 2. The molecule has 0 fully saturated rings. The molecule has 0 atom stereocenters. The first-order valence-electron chi connectivity index (χ1n) is 9.09. The van der Waals surface area contributed by atoms with Gasteiger partial charge in [0.25, 0.3) is 0 Å². The molecular formula is C24H22N2. The molecule has 0 aliphatic carbocycles. The molecule has 2 aromatic carbocycles. The Labute approximate surface area is 155 Å². The number of pyridine rings is 1. The van der Waals surface area contributed by atoms with Crippen molar-refractivity contribution in [1.82, 2.24) is 4.98 Å². The van der Waals surface area contributed by atoms with Crippen LogP contribution in [0, 0.1) is 13.8 Å². The van der Waals surface area contributed by atoms with E-state index in [1.807, 2.05) is 24.5 Å². The Morgan fingerprint density at radius 2 is 1.50 bits per heavy atom. The molecule has 0 spiro atoms. The van der Waals surface area contributed by atoms with Crippen LogP contribution in [0.1, 0.15) is 29.5 Å². The standard InChI is InChI=1S/C24H22N2/c1-17-9-7-11-19(21-13-3-5-15-25-21)23(17)24-18(2)10-8-12-20(24)22-14-4-6-16-26-22/h3,5-13,15-16H,4,14H2,1-2H3. The summed E-state index contributed by atoms with van der Waals surface area (Å²) in [5.74, 6) is 0. The summed E-state index contributed by atoms with van der Waals surface area (Å²) >= 11 is 0. The largest absolute Gasteiger partial charge is 0.261 e. The number of rotatable bonds is 3. The summed E-state index contributed by atoms with van der Waals surface area (Å²) < 4.78 is 0. The first-order chi connectivity index (χ1) is 12.8. The number of benzene rings is 2. The van der Waals surface area contributed by atoms with Gasteiger partial charge in [-0.3, -0.25) is 9.98 Å². The Hall–Kier alpha value is -3.00. The van der Waals surface area contributed by atoms with Crippen molar-refractivity contribution in [1.29, 1.82) is 0 Å². The smallest absolute Gasteiger partial charge is 0.0708 e. The molecule has 1 aliphatic rings. The Balaban J connectivity index is 2.00. The molecule has 1 aliphatic heterocycles. The lowest BCUT2D eigenvalue weighted by molar-refractivity contribution is 1.06. The van der Waals surface area contributed by atoms with Crippen molar-refractivity contribution in [3.63, 3.8) is 0 Å². The number of allylic oxidation sites excluding steroid dienone is 1. The number of hydrogen-bond acceptors (Lipinski definition) is 2. The lowest BCUT2D eigenvalue weighted by atomic mass is 9.85. The minimum absolute atomic E-state index is 0.984. The number of hydrogen-bond donors (Lipinski definition) is 0. The predicted octanol–water partition coefficient (Wildman–Crippen LogP) is 6.13. The van der Waals surface area contributed by atoms with Crippen LogP contribution in [0.25, 0.3) is 22.4 Å². The van der Waals surface area contributed by atoms with Gasteiger partial charge >= 0.3 is 0 Å². The second-order valence-electron chi connectivity index (χ2n) is 6.71.